The normalized spacial score (nSPS) is 14.1. The van der Waals surface area contributed by atoms with Crippen molar-refractivity contribution in [2.75, 3.05) is 44.2 Å². The Morgan fingerprint density at radius 3 is 2.50 bits per heavy atom. The van der Waals surface area contributed by atoms with Crippen LogP contribution in [0.2, 0.25) is 0 Å². The molecule has 0 spiro atoms. The lowest BCUT2D eigenvalue weighted by Gasteiger charge is -2.28. The van der Waals surface area contributed by atoms with Gasteiger partial charge in [0.05, 0.1) is 5.69 Å². The maximum atomic E-state index is 13.7. The molecule has 0 radical (unpaired) electrons. The minimum Gasteiger partial charge on any atom is -0.465 e. The fourth-order valence-corrected chi connectivity index (χ4v) is 4.14. The van der Waals surface area contributed by atoms with Crippen molar-refractivity contribution in [1.82, 2.24) is 20.0 Å². The number of aromatic nitrogens is 2. The van der Waals surface area contributed by atoms with Crippen LogP contribution in [0.5, 0.6) is 0 Å². The van der Waals surface area contributed by atoms with Gasteiger partial charge in [0.2, 0.25) is 5.43 Å². The van der Waals surface area contributed by atoms with Crippen molar-refractivity contribution in [1.29, 1.82) is 0 Å². The third-order valence-electron chi connectivity index (χ3n) is 6.00. The number of anilines is 1. The van der Waals surface area contributed by atoms with Gasteiger partial charge in [0.15, 0.2) is 17.5 Å². The smallest absolute Gasteiger partial charge is 0.411 e. The molecule has 0 aliphatic carbocycles. The molecule has 0 bridgehead atoms. The summed E-state index contributed by atoms with van der Waals surface area (Å²) in [6, 6.07) is 9.56. The van der Waals surface area contributed by atoms with E-state index in [0.29, 0.717) is 24.2 Å². The van der Waals surface area contributed by atoms with Crippen molar-refractivity contribution < 1.29 is 23.1 Å². The summed E-state index contributed by atoms with van der Waals surface area (Å²) in [5.41, 5.74) is 0.716. The van der Waals surface area contributed by atoms with Crippen LogP contribution in [0, 0.1) is 17.5 Å². The van der Waals surface area contributed by atoms with Crippen LogP contribution in [0.3, 0.4) is 0 Å². The minimum atomic E-state index is -1.59. The number of carboxylic acid groups (broad SMARTS) is 1. The Morgan fingerprint density at radius 2 is 1.81 bits per heavy atom. The van der Waals surface area contributed by atoms with Gasteiger partial charge in [0.25, 0.3) is 0 Å². The molecule has 1 saturated heterocycles. The van der Waals surface area contributed by atoms with Crippen molar-refractivity contribution >= 4 is 11.8 Å². The lowest BCUT2D eigenvalue weighted by atomic mass is 10.1. The number of halogens is 3. The van der Waals surface area contributed by atoms with Gasteiger partial charge in [0, 0.05) is 69.2 Å². The highest BCUT2D eigenvalue weighted by Crippen LogP contribution is 2.20. The van der Waals surface area contributed by atoms with Gasteiger partial charge in [-0.1, -0.05) is 12.1 Å². The predicted molar refractivity (Wildman–Crippen MR) is 128 cm³/mol. The summed E-state index contributed by atoms with van der Waals surface area (Å²) in [6.07, 6.45) is 0.895. The highest BCUT2D eigenvalue weighted by atomic mass is 19.2. The lowest BCUT2D eigenvalue weighted by molar-refractivity contribution is 0.200. The molecule has 2 aromatic carbocycles. The number of benzene rings is 2. The van der Waals surface area contributed by atoms with Crippen LogP contribution >= 0.6 is 0 Å². The molecule has 1 aromatic heterocycles. The number of nitrogens with one attached hydrogen (secondary N) is 1. The van der Waals surface area contributed by atoms with E-state index in [4.69, 9.17) is 0 Å². The zero-order valence-electron chi connectivity index (χ0n) is 19.5. The van der Waals surface area contributed by atoms with Crippen LogP contribution in [0.4, 0.5) is 23.7 Å². The summed E-state index contributed by atoms with van der Waals surface area (Å²) < 4.78 is 41.7. The summed E-state index contributed by atoms with van der Waals surface area (Å²) in [5.74, 6) is -4.33. The molecule has 2 heterocycles. The van der Waals surface area contributed by atoms with E-state index >= 15 is 0 Å². The maximum Gasteiger partial charge on any atom is 0.411 e. The van der Waals surface area contributed by atoms with Crippen LogP contribution in [0.25, 0.3) is 5.69 Å². The summed E-state index contributed by atoms with van der Waals surface area (Å²) in [4.78, 5) is 27.9. The summed E-state index contributed by atoms with van der Waals surface area (Å²) >= 11 is 0. The van der Waals surface area contributed by atoms with E-state index in [1.54, 1.807) is 24.3 Å². The van der Waals surface area contributed by atoms with Crippen LogP contribution in [-0.2, 0) is 6.42 Å². The number of amides is 1. The molecule has 190 valence electrons. The molecule has 3 aromatic rings. The maximum absolute atomic E-state index is 13.7. The standard InChI is InChI=1S/C25H26F3N5O3/c26-20-15-19(16-21(27)24(20)28)33-10-5-23(34)22(30-33)14-17-3-1-4-18(13-17)32(25(35)36)9-2-8-31-11-6-29-7-12-31/h1,3-5,10,13,15-16,29H,2,6-9,11-12,14H2,(H,35,36). The zero-order chi connectivity index (χ0) is 25.7. The van der Waals surface area contributed by atoms with E-state index in [2.05, 4.69) is 15.3 Å². The van der Waals surface area contributed by atoms with Gasteiger partial charge in [0.1, 0.15) is 5.69 Å². The molecule has 8 nitrogen and oxygen atoms in total. The average molecular weight is 502 g/mol. The number of carbonyl (C=O) groups is 1. The first-order chi connectivity index (χ1) is 17.3. The quantitative estimate of drug-likeness (QED) is 0.462. The van der Waals surface area contributed by atoms with E-state index < -0.39 is 29.0 Å². The molecule has 1 fully saturated rings. The van der Waals surface area contributed by atoms with E-state index in [1.165, 1.54) is 17.2 Å². The average Bonchev–Trinajstić information content (AvgIpc) is 2.87. The predicted octanol–water partition coefficient (Wildman–Crippen LogP) is 3.02. The van der Waals surface area contributed by atoms with Gasteiger partial charge in [-0.25, -0.2) is 22.6 Å². The molecule has 1 aliphatic heterocycles. The fourth-order valence-electron chi connectivity index (χ4n) is 4.14. The first kappa shape index (κ1) is 25.4. The highest BCUT2D eigenvalue weighted by molar-refractivity contribution is 5.86. The van der Waals surface area contributed by atoms with Gasteiger partial charge in [-0.2, -0.15) is 5.10 Å². The topological polar surface area (TPSA) is 90.7 Å². The second-order valence-corrected chi connectivity index (χ2v) is 8.52. The van der Waals surface area contributed by atoms with Crippen LogP contribution in [0.1, 0.15) is 17.7 Å². The van der Waals surface area contributed by atoms with Gasteiger partial charge in [-0.05, 0) is 30.7 Å². The first-order valence-electron chi connectivity index (χ1n) is 11.6. The Hall–Kier alpha value is -3.70. The Kier molecular flexibility index (Phi) is 8.01. The van der Waals surface area contributed by atoms with Crippen LogP contribution in [-0.4, -0.2) is 65.1 Å². The Morgan fingerprint density at radius 1 is 1.08 bits per heavy atom. The van der Waals surface area contributed by atoms with Crippen LogP contribution < -0.4 is 15.6 Å². The molecule has 0 atom stereocenters. The molecule has 0 saturated carbocycles. The molecule has 0 unspecified atom stereocenters. The Balaban J connectivity index is 1.51. The summed E-state index contributed by atoms with van der Waals surface area (Å²) in [6.45, 7) is 4.82. The molecule has 4 rings (SSSR count). The van der Waals surface area contributed by atoms with Gasteiger partial charge < -0.3 is 15.3 Å². The van der Waals surface area contributed by atoms with Gasteiger partial charge in [-0.3, -0.25) is 9.69 Å². The number of rotatable bonds is 8. The molecular formula is C25H26F3N5O3. The zero-order valence-corrected chi connectivity index (χ0v) is 19.5. The van der Waals surface area contributed by atoms with Crippen molar-refractivity contribution in [3.05, 3.63) is 87.6 Å². The third-order valence-corrected chi connectivity index (χ3v) is 6.00. The van der Waals surface area contributed by atoms with Gasteiger partial charge >= 0.3 is 6.09 Å². The second kappa shape index (κ2) is 11.4. The highest BCUT2D eigenvalue weighted by Gasteiger charge is 2.17. The molecule has 11 heteroatoms. The number of hydrogen-bond acceptors (Lipinski definition) is 5. The monoisotopic (exact) mass is 501 g/mol. The van der Waals surface area contributed by atoms with E-state index in [1.807, 2.05) is 0 Å². The van der Waals surface area contributed by atoms with Crippen molar-refractivity contribution in [3.8, 4) is 5.69 Å². The van der Waals surface area contributed by atoms with E-state index in [9.17, 15) is 27.9 Å². The fraction of sp³-hybridized carbons (Fsp3) is 0.320. The summed E-state index contributed by atoms with van der Waals surface area (Å²) in [7, 11) is 0. The van der Waals surface area contributed by atoms with Crippen molar-refractivity contribution in [3.63, 3.8) is 0 Å². The third kappa shape index (κ3) is 6.10. The number of nitrogens with zero attached hydrogens (tertiary/aromatic N) is 4. The summed E-state index contributed by atoms with van der Waals surface area (Å²) in [5, 5.41) is 17.2. The first-order valence-corrected chi connectivity index (χ1v) is 11.6. The number of hydrogen-bond donors (Lipinski definition) is 2. The molecule has 2 N–H and O–H groups in total. The second-order valence-electron chi connectivity index (χ2n) is 8.52. The lowest BCUT2D eigenvalue weighted by Crippen LogP contribution is -2.44. The SMILES string of the molecule is O=C(O)N(CCCN1CCNCC1)c1cccc(Cc2nn(-c3cc(F)c(F)c(F)c3)ccc2=O)c1. The number of piperazine rings is 1. The Labute approximate surface area is 205 Å². The Bertz CT molecular complexity index is 1270. The molecule has 1 amide bonds. The molecule has 1 aliphatic rings. The minimum absolute atomic E-state index is 0.0634. The molecular weight excluding hydrogens is 475 g/mol. The van der Waals surface area contributed by atoms with Crippen molar-refractivity contribution in [2.45, 2.75) is 12.8 Å². The van der Waals surface area contributed by atoms with E-state index in [-0.39, 0.29) is 17.8 Å². The molecule has 36 heavy (non-hydrogen) atoms. The largest absolute Gasteiger partial charge is 0.465 e. The van der Waals surface area contributed by atoms with Gasteiger partial charge in [-0.15, -0.1) is 0 Å². The van der Waals surface area contributed by atoms with Crippen molar-refractivity contribution in [2.24, 2.45) is 0 Å². The van der Waals surface area contributed by atoms with Crippen LogP contribution in [0.15, 0.2) is 53.5 Å². The van der Waals surface area contributed by atoms with E-state index in [0.717, 1.165) is 49.5 Å².